The van der Waals surface area contributed by atoms with Crippen LogP contribution in [0.1, 0.15) is 19.3 Å². The first-order chi connectivity index (χ1) is 10.4. The molecule has 0 saturated heterocycles. The van der Waals surface area contributed by atoms with Gasteiger partial charge in [-0.1, -0.05) is 0 Å². The van der Waals surface area contributed by atoms with Crippen molar-refractivity contribution < 1.29 is 34.4 Å². The van der Waals surface area contributed by atoms with E-state index in [9.17, 15) is 19.5 Å². The third-order valence-electron chi connectivity index (χ3n) is 3.10. The maximum atomic E-state index is 11.7. The molecule has 3 N–H and O–H groups in total. The van der Waals surface area contributed by atoms with Crippen LogP contribution in [-0.4, -0.2) is 76.4 Å². The number of carbonyl (C=O) groups is 3. The van der Waals surface area contributed by atoms with Gasteiger partial charge >= 0.3 is 0 Å². The summed E-state index contributed by atoms with van der Waals surface area (Å²) < 4.78 is 4.97. The third-order valence-corrected chi connectivity index (χ3v) is 3.10. The molecule has 2 unspecified atom stereocenters. The van der Waals surface area contributed by atoms with Crippen LogP contribution in [0.5, 0.6) is 0 Å². The number of rotatable bonds is 11. The lowest BCUT2D eigenvalue weighted by atomic mass is 10.1. The van der Waals surface area contributed by atoms with Crippen molar-refractivity contribution in [3.63, 3.8) is 0 Å². The van der Waals surface area contributed by atoms with Gasteiger partial charge in [-0.2, -0.15) is 0 Å². The Bertz CT molecular complexity index is 417. The van der Waals surface area contributed by atoms with Crippen LogP contribution in [0.25, 0.3) is 0 Å². The quantitative estimate of drug-likeness (QED) is 0.391. The summed E-state index contributed by atoms with van der Waals surface area (Å²) in [6.07, 6.45) is 0.828. The lowest BCUT2D eigenvalue weighted by Gasteiger charge is -2.14. The molecule has 0 bridgehead atoms. The van der Waals surface area contributed by atoms with Crippen LogP contribution in [-0.2, 0) is 19.1 Å². The van der Waals surface area contributed by atoms with Crippen molar-refractivity contribution in [1.82, 2.24) is 4.90 Å². The van der Waals surface area contributed by atoms with E-state index in [1.54, 1.807) is 0 Å². The molecular formula is C14H21NO7. The molecule has 1 aliphatic heterocycles. The van der Waals surface area contributed by atoms with Crippen molar-refractivity contribution in [2.24, 2.45) is 0 Å². The number of Topliss-reactive ketones (excluding diaryl/α,β-unsaturated/α-hetero) is 1. The van der Waals surface area contributed by atoms with Gasteiger partial charge in [-0.05, 0) is 6.42 Å². The summed E-state index contributed by atoms with van der Waals surface area (Å²) in [7, 11) is 0. The molecule has 8 heteroatoms. The molecule has 1 rings (SSSR count). The number of aliphatic hydroxyl groups excluding tert-OH is 3. The molecule has 0 radical (unpaired) electrons. The SMILES string of the molecule is O=C(CCC(O)COCC(O)CO)CCN1C(=O)C=CC1=O. The zero-order valence-corrected chi connectivity index (χ0v) is 12.2. The summed E-state index contributed by atoms with van der Waals surface area (Å²) in [5.41, 5.74) is 0. The number of hydrogen-bond acceptors (Lipinski definition) is 7. The second-order valence-electron chi connectivity index (χ2n) is 5.02. The Kier molecular flexibility index (Phi) is 7.89. The van der Waals surface area contributed by atoms with Gasteiger partial charge in [0.2, 0.25) is 0 Å². The first kappa shape index (κ1) is 18.4. The number of carbonyl (C=O) groups excluding carboxylic acids is 3. The minimum Gasteiger partial charge on any atom is -0.394 e. The van der Waals surface area contributed by atoms with Crippen molar-refractivity contribution in [1.29, 1.82) is 0 Å². The van der Waals surface area contributed by atoms with E-state index in [0.29, 0.717) is 0 Å². The van der Waals surface area contributed by atoms with Crippen LogP contribution >= 0.6 is 0 Å². The van der Waals surface area contributed by atoms with Gasteiger partial charge in [0.05, 0.1) is 25.9 Å². The second kappa shape index (κ2) is 9.42. The van der Waals surface area contributed by atoms with Crippen molar-refractivity contribution in [3.05, 3.63) is 12.2 Å². The highest BCUT2D eigenvalue weighted by atomic mass is 16.5. The fourth-order valence-corrected chi connectivity index (χ4v) is 1.82. The summed E-state index contributed by atoms with van der Waals surface area (Å²) in [5.74, 6) is -1.01. The van der Waals surface area contributed by atoms with Crippen molar-refractivity contribution in [2.45, 2.75) is 31.5 Å². The third kappa shape index (κ3) is 6.44. The Labute approximate surface area is 128 Å². The Balaban J connectivity index is 2.12. The Morgan fingerprint density at radius 3 is 2.27 bits per heavy atom. The molecule has 2 amide bonds. The molecule has 0 spiro atoms. The molecular weight excluding hydrogens is 294 g/mol. The molecule has 124 valence electrons. The topological polar surface area (TPSA) is 124 Å². The molecule has 2 atom stereocenters. The Morgan fingerprint density at radius 2 is 1.68 bits per heavy atom. The van der Waals surface area contributed by atoms with Gasteiger partial charge in [-0.3, -0.25) is 19.3 Å². The zero-order valence-electron chi connectivity index (χ0n) is 12.2. The first-order valence-electron chi connectivity index (χ1n) is 7.04. The first-order valence-corrected chi connectivity index (χ1v) is 7.04. The van der Waals surface area contributed by atoms with E-state index in [1.807, 2.05) is 0 Å². The minimum absolute atomic E-state index is 0.0405. The van der Waals surface area contributed by atoms with Gasteiger partial charge < -0.3 is 20.1 Å². The monoisotopic (exact) mass is 315 g/mol. The molecule has 0 aromatic carbocycles. The smallest absolute Gasteiger partial charge is 0.253 e. The Hall–Kier alpha value is -1.61. The van der Waals surface area contributed by atoms with Gasteiger partial charge in [0, 0.05) is 31.5 Å². The van der Waals surface area contributed by atoms with E-state index in [0.717, 1.165) is 17.1 Å². The number of imide groups is 1. The van der Waals surface area contributed by atoms with E-state index in [-0.39, 0.29) is 44.8 Å². The van der Waals surface area contributed by atoms with E-state index < -0.39 is 30.6 Å². The summed E-state index contributed by atoms with van der Waals surface area (Å²) >= 11 is 0. The number of hydrogen-bond donors (Lipinski definition) is 3. The number of nitrogens with zero attached hydrogens (tertiary/aromatic N) is 1. The molecule has 0 saturated carbocycles. The average molecular weight is 315 g/mol. The molecule has 1 heterocycles. The second-order valence-corrected chi connectivity index (χ2v) is 5.02. The predicted octanol–water partition coefficient (Wildman–Crippen LogP) is -1.62. The maximum absolute atomic E-state index is 11.7. The van der Waals surface area contributed by atoms with Crippen molar-refractivity contribution in [3.8, 4) is 0 Å². The van der Waals surface area contributed by atoms with Crippen LogP contribution in [0, 0.1) is 0 Å². The highest BCUT2D eigenvalue weighted by molar-refractivity contribution is 6.13. The van der Waals surface area contributed by atoms with Crippen molar-refractivity contribution in [2.75, 3.05) is 26.4 Å². The Morgan fingerprint density at radius 1 is 1.09 bits per heavy atom. The van der Waals surface area contributed by atoms with Crippen LogP contribution in [0.15, 0.2) is 12.2 Å². The van der Waals surface area contributed by atoms with E-state index in [1.165, 1.54) is 0 Å². The number of ether oxygens (including phenoxy) is 1. The van der Waals surface area contributed by atoms with E-state index in [2.05, 4.69) is 0 Å². The van der Waals surface area contributed by atoms with Gasteiger partial charge in [0.25, 0.3) is 11.8 Å². The van der Waals surface area contributed by atoms with E-state index >= 15 is 0 Å². The van der Waals surface area contributed by atoms with Gasteiger partial charge in [-0.25, -0.2) is 0 Å². The highest BCUT2D eigenvalue weighted by Gasteiger charge is 2.23. The minimum atomic E-state index is -0.988. The van der Waals surface area contributed by atoms with Gasteiger partial charge in [-0.15, -0.1) is 0 Å². The summed E-state index contributed by atoms with van der Waals surface area (Å²) in [6, 6.07) is 0. The fraction of sp³-hybridized carbons (Fsp3) is 0.643. The predicted molar refractivity (Wildman–Crippen MR) is 74.6 cm³/mol. The zero-order chi connectivity index (χ0) is 16.5. The van der Waals surface area contributed by atoms with Gasteiger partial charge in [0.1, 0.15) is 11.9 Å². The lowest BCUT2D eigenvalue weighted by molar-refractivity contribution is -0.137. The average Bonchev–Trinajstić information content (AvgIpc) is 2.81. The maximum Gasteiger partial charge on any atom is 0.253 e. The van der Waals surface area contributed by atoms with Crippen LogP contribution < -0.4 is 0 Å². The molecule has 0 fully saturated rings. The molecule has 22 heavy (non-hydrogen) atoms. The molecule has 0 aromatic heterocycles. The molecule has 0 aliphatic carbocycles. The highest BCUT2D eigenvalue weighted by Crippen LogP contribution is 2.07. The number of ketones is 1. The standard InChI is InChI=1S/C14H21NO7/c16-7-12(19)9-22-8-11(18)2-1-10(17)5-6-15-13(20)3-4-14(15)21/h3-4,11-12,16,18-19H,1-2,5-9H2. The summed E-state index contributed by atoms with van der Waals surface area (Å²) in [6.45, 7) is -0.513. The van der Waals surface area contributed by atoms with Gasteiger partial charge in [0.15, 0.2) is 0 Å². The normalized spacial score (nSPS) is 17.1. The molecule has 0 aromatic rings. The number of amides is 2. The largest absolute Gasteiger partial charge is 0.394 e. The fourth-order valence-electron chi connectivity index (χ4n) is 1.82. The van der Waals surface area contributed by atoms with E-state index in [4.69, 9.17) is 14.9 Å². The summed E-state index contributed by atoms with van der Waals surface area (Å²) in [4.78, 5) is 35.2. The lowest BCUT2D eigenvalue weighted by Crippen LogP contribution is -2.32. The molecule has 8 nitrogen and oxygen atoms in total. The van der Waals surface area contributed by atoms with Crippen molar-refractivity contribution >= 4 is 17.6 Å². The number of aliphatic hydroxyl groups is 3. The van der Waals surface area contributed by atoms with Crippen LogP contribution in [0.2, 0.25) is 0 Å². The molecule has 1 aliphatic rings. The summed E-state index contributed by atoms with van der Waals surface area (Å²) in [5, 5.41) is 27.2. The van der Waals surface area contributed by atoms with Crippen LogP contribution in [0.4, 0.5) is 0 Å². The van der Waals surface area contributed by atoms with Crippen LogP contribution in [0.3, 0.4) is 0 Å².